The molecule has 0 saturated carbocycles. The van der Waals surface area contributed by atoms with Crippen molar-refractivity contribution >= 4 is 5.91 Å². The quantitative estimate of drug-likeness (QED) is 0.604. The monoisotopic (exact) mass is 225 g/mol. The van der Waals surface area contributed by atoms with E-state index in [1.807, 2.05) is 6.92 Å². The summed E-state index contributed by atoms with van der Waals surface area (Å²) in [6.45, 7) is 1.69. The van der Waals surface area contributed by atoms with E-state index in [0.717, 1.165) is 6.07 Å². The second kappa shape index (κ2) is 5.37. The van der Waals surface area contributed by atoms with Crippen LogP contribution >= 0.6 is 0 Å². The van der Waals surface area contributed by atoms with Crippen molar-refractivity contribution in [3.05, 3.63) is 23.8 Å². The van der Waals surface area contributed by atoms with Gasteiger partial charge in [-0.05, 0) is 18.6 Å². The van der Waals surface area contributed by atoms with Gasteiger partial charge in [0.25, 0.3) is 5.91 Å². The number of carbonyl (C=O) groups excluding carboxylic acids is 1. The number of benzene rings is 1. The molecule has 5 heteroatoms. The number of aliphatic hydroxyl groups excluding tert-OH is 1. The van der Waals surface area contributed by atoms with Gasteiger partial charge in [0, 0.05) is 11.6 Å². The van der Waals surface area contributed by atoms with Crippen LogP contribution in [-0.2, 0) is 0 Å². The van der Waals surface area contributed by atoms with Gasteiger partial charge in [-0.1, -0.05) is 6.92 Å². The Bertz CT molecular complexity index is 354. The van der Waals surface area contributed by atoms with Gasteiger partial charge in [-0.2, -0.15) is 0 Å². The van der Waals surface area contributed by atoms with Crippen LogP contribution in [0.2, 0.25) is 0 Å². The standard InChI is InChI=1S/C11H15NO4/c1-2-8(6-13)12-11(16)7-3-9(14)5-10(15)4-7/h3-5,8,13-15H,2,6H2,1H3,(H,12,16). The first-order valence-electron chi connectivity index (χ1n) is 5.01. The summed E-state index contributed by atoms with van der Waals surface area (Å²) >= 11 is 0. The molecular weight excluding hydrogens is 210 g/mol. The van der Waals surface area contributed by atoms with Crippen LogP contribution in [0.1, 0.15) is 23.7 Å². The zero-order chi connectivity index (χ0) is 12.1. The van der Waals surface area contributed by atoms with E-state index in [-0.39, 0.29) is 29.7 Å². The van der Waals surface area contributed by atoms with Gasteiger partial charge in [0.1, 0.15) is 11.5 Å². The Balaban J connectivity index is 2.80. The molecule has 0 radical (unpaired) electrons. The van der Waals surface area contributed by atoms with Crippen molar-refractivity contribution in [1.29, 1.82) is 0 Å². The molecule has 0 bridgehead atoms. The van der Waals surface area contributed by atoms with Crippen molar-refractivity contribution in [2.24, 2.45) is 0 Å². The molecule has 1 aromatic carbocycles. The van der Waals surface area contributed by atoms with E-state index in [4.69, 9.17) is 5.11 Å². The fourth-order valence-corrected chi connectivity index (χ4v) is 1.27. The Hall–Kier alpha value is -1.75. The lowest BCUT2D eigenvalue weighted by Gasteiger charge is -2.14. The molecule has 16 heavy (non-hydrogen) atoms. The lowest BCUT2D eigenvalue weighted by molar-refractivity contribution is 0.0914. The average molecular weight is 225 g/mol. The summed E-state index contributed by atoms with van der Waals surface area (Å²) in [7, 11) is 0. The van der Waals surface area contributed by atoms with Crippen LogP contribution in [0.5, 0.6) is 11.5 Å². The molecule has 0 aliphatic carbocycles. The second-order valence-corrected chi connectivity index (χ2v) is 3.50. The van der Waals surface area contributed by atoms with Gasteiger partial charge < -0.3 is 20.6 Å². The van der Waals surface area contributed by atoms with Crippen LogP contribution in [0.15, 0.2) is 18.2 Å². The highest BCUT2D eigenvalue weighted by molar-refractivity contribution is 5.95. The van der Waals surface area contributed by atoms with Gasteiger partial charge in [-0.25, -0.2) is 0 Å². The summed E-state index contributed by atoms with van der Waals surface area (Å²) in [4.78, 5) is 11.6. The van der Waals surface area contributed by atoms with E-state index >= 15 is 0 Å². The van der Waals surface area contributed by atoms with Gasteiger partial charge in [0.2, 0.25) is 0 Å². The Morgan fingerprint density at radius 1 is 1.31 bits per heavy atom. The minimum atomic E-state index is -0.438. The maximum absolute atomic E-state index is 11.6. The topological polar surface area (TPSA) is 89.8 Å². The van der Waals surface area contributed by atoms with E-state index in [9.17, 15) is 15.0 Å². The highest BCUT2D eigenvalue weighted by atomic mass is 16.3. The van der Waals surface area contributed by atoms with Crippen molar-refractivity contribution in [3.8, 4) is 11.5 Å². The molecule has 1 atom stereocenters. The number of hydrogen-bond donors (Lipinski definition) is 4. The van der Waals surface area contributed by atoms with Crippen molar-refractivity contribution in [1.82, 2.24) is 5.32 Å². The average Bonchev–Trinajstić information content (AvgIpc) is 2.24. The number of nitrogens with one attached hydrogen (secondary N) is 1. The summed E-state index contributed by atoms with van der Waals surface area (Å²) < 4.78 is 0. The molecular formula is C11H15NO4. The molecule has 0 aliphatic heterocycles. The fraction of sp³-hybridized carbons (Fsp3) is 0.364. The van der Waals surface area contributed by atoms with Crippen LogP contribution in [0.3, 0.4) is 0 Å². The molecule has 0 heterocycles. The molecule has 1 unspecified atom stereocenters. The molecule has 0 aliphatic rings. The molecule has 5 nitrogen and oxygen atoms in total. The minimum absolute atomic E-state index is 0.146. The number of phenolic OH excluding ortho intramolecular Hbond substituents is 2. The largest absolute Gasteiger partial charge is 0.508 e. The second-order valence-electron chi connectivity index (χ2n) is 3.50. The van der Waals surface area contributed by atoms with Crippen LogP contribution in [-0.4, -0.2) is 33.9 Å². The van der Waals surface area contributed by atoms with E-state index < -0.39 is 5.91 Å². The third kappa shape index (κ3) is 3.13. The van der Waals surface area contributed by atoms with E-state index in [1.54, 1.807) is 0 Å². The molecule has 1 aromatic rings. The van der Waals surface area contributed by atoms with Gasteiger partial charge in [0.05, 0.1) is 12.6 Å². The molecule has 88 valence electrons. The highest BCUT2D eigenvalue weighted by Crippen LogP contribution is 2.20. The number of carbonyl (C=O) groups is 1. The number of aromatic hydroxyl groups is 2. The predicted molar refractivity (Wildman–Crippen MR) is 58.4 cm³/mol. The van der Waals surface area contributed by atoms with Crippen molar-refractivity contribution in [2.45, 2.75) is 19.4 Å². The number of phenols is 2. The molecule has 4 N–H and O–H groups in total. The minimum Gasteiger partial charge on any atom is -0.508 e. The molecule has 1 rings (SSSR count). The molecule has 1 amide bonds. The van der Waals surface area contributed by atoms with Crippen LogP contribution < -0.4 is 5.32 Å². The van der Waals surface area contributed by atoms with E-state index in [0.29, 0.717) is 6.42 Å². The number of hydrogen-bond acceptors (Lipinski definition) is 4. The van der Waals surface area contributed by atoms with Gasteiger partial charge in [0.15, 0.2) is 0 Å². The lowest BCUT2D eigenvalue weighted by Crippen LogP contribution is -2.36. The Morgan fingerprint density at radius 3 is 2.31 bits per heavy atom. The summed E-state index contributed by atoms with van der Waals surface area (Å²) in [6, 6.07) is 3.32. The molecule has 0 aromatic heterocycles. The highest BCUT2D eigenvalue weighted by Gasteiger charge is 2.12. The Kier molecular flexibility index (Phi) is 4.13. The van der Waals surface area contributed by atoms with Crippen LogP contribution in [0, 0.1) is 0 Å². The smallest absolute Gasteiger partial charge is 0.251 e. The van der Waals surface area contributed by atoms with Crippen molar-refractivity contribution < 1.29 is 20.1 Å². The zero-order valence-corrected chi connectivity index (χ0v) is 8.97. The summed E-state index contributed by atoms with van der Waals surface area (Å²) in [5.74, 6) is -0.795. The molecule has 0 spiro atoms. The summed E-state index contributed by atoms with van der Waals surface area (Å²) in [5, 5.41) is 29.9. The molecule has 0 saturated heterocycles. The maximum atomic E-state index is 11.6. The van der Waals surface area contributed by atoms with Gasteiger partial charge in [-0.15, -0.1) is 0 Å². The number of aliphatic hydroxyl groups is 1. The van der Waals surface area contributed by atoms with Crippen molar-refractivity contribution in [3.63, 3.8) is 0 Å². The normalized spacial score (nSPS) is 12.1. The van der Waals surface area contributed by atoms with Crippen molar-refractivity contribution in [2.75, 3.05) is 6.61 Å². The molecule has 0 fully saturated rings. The maximum Gasteiger partial charge on any atom is 0.251 e. The van der Waals surface area contributed by atoms with Gasteiger partial charge >= 0.3 is 0 Å². The zero-order valence-electron chi connectivity index (χ0n) is 8.97. The number of amides is 1. The number of rotatable bonds is 4. The fourth-order valence-electron chi connectivity index (χ4n) is 1.27. The van der Waals surface area contributed by atoms with Gasteiger partial charge in [-0.3, -0.25) is 4.79 Å². The SMILES string of the molecule is CCC(CO)NC(=O)c1cc(O)cc(O)c1. The first-order valence-corrected chi connectivity index (χ1v) is 5.01. The predicted octanol–water partition coefficient (Wildman–Crippen LogP) is 0.599. The Labute approximate surface area is 93.4 Å². The Morgan fingerprint density at radius 2 is 1.88 bits per heavy atom. The van der Waals surface area contributed by atoms with E-state index in [2.05, 4.69) is 5.32 Å². The third-order valence-corrected chi connectivity index (χ3v) is 2.21. The summed E-state index contributed by atoms with van der Waals surface area (Å²) in [6.07, 6.45) is 0.604. The first-order chi connectivity index (χ1) is 7.56. The van der Waals surface area contributed by atoms with E-state index in [1.165, 1.54) is 12.1 Å². The third-order valence-electron chi connectivity index (χ3n) is 2.21. The van der Waals surface area contributed by atoms with Crippen LogP contribution in [0.4, 0.5) is 0 Å². The lowest BCUT2D eigenvalue weighted by atomic mass is 10.1. The first kappa shape index (κ1) is 12.3. The van der Waals surface area contributed by atoms with Crippen LogP contribution in [0.25, 0.3) is 0 Å². The summed E-state index contributed by atoms with van der Waals surface area (Å²) in [5.41, 5.74) is 0.157.